The van der Waals surface area contributed by atoms with Gasteiger partial charge in [0.15, 0.2) is 0 Å². The molecule has 25 heavy (non-hydrogen) atoms. The van der Waals surface area contributed by atoms with E-state index in [4.69, 9.17) is 10.1 Å². The van der Waals surface area contributed by atoms with E-state index in [1.54, 1.807) is 18.2 Å². The number of allylic oxidation sites excluding steroid dienone is 4. The zero-order chi connectivity index (χ0) is 18.4. The predicted octanol–water partition coefficient (Wildman–Crippen LogP) is 3.01. The van der Waals surface area contributed by atoms with Crippen molar-refractivity contribution in [3.8, 4) is 0 Å². The molecule has 0 spiro atoms. The lowest BCUT2D eigenvalue weighted by atomic mass is 9.86. The van der Waals surface area contributed by atoms with E-state index in [0.717, 1.165) is 31.3 Å². The lowest BCUT2D eigenvalue weighted by Crippen LogP contribution is -2.32. The van der Waals surface area contributed by atoms with E-state index < -0.39 is 11.7 Å². The fraction of sp³-hybridized carbons (Fsp3) is 0.579. The van der Waals surface area contributed by atoms with Gasteiger partial charge in [0.05, 0.1) is 5.71 Å². The zero-order valence-corrected chi connectivity index (χ0v) is 15.3. The highest BCUT2D eigenvalue weighted by atomic mass is 16.6. The molecule has 0 unspecified atom stereocenters. The van der Waals surface area contributed by atoms with Crippen molar-refractivity contribution >= 4 is 11.8 Å². The average Bonchev–Trinajstić information content (AvgIpc) is 2.54. The number of nitrogens with one attached hydrogen (secondary N) is 3. The van der Waals surface area contributed by atoms with Gasteiger partial charge in [-0.05, 0) is 70.6 Å². The molecule has 0 aromatic rings. The first-order chi connectivity index (χ1) is 11.8. The molecule has 0 aromatic carbocycles. The molecular formula is C19H29N3O3. The quantitative estimate of drug-likeness (QED) is 0.629. The van der Waals surface area contributed by atoms with Crippen LogP contribution in [0.2, 0.25) is 0 Å². The van der Waals surface area contributed by atoms with E-state index in [-0.39, 0.29) is 6.61 Å². The molecule has 2 aliphatic carbocycles. The first kappa shape index (κ1) is 19.2. The van der Waals surface area contributed by atoms with Crippen molar-refractivity contribution in [2.75, 3.05) is 6.61 Å². The highest BCUT2D eigenvalue weighted by Crippen LogP contribution is 2.24. The lowest BCUT2D eigenvalue weighted by molar-refractivity contribution is 0.0548. The Morgan fingerprint density at radius 3 is 2.60 bits per heavy atom. The number of rotatable bonds is 4. The largest absolute Gasteiger partial charge is 0.444 e. The van der Waals surface area contributed by atoms with Crippen molar-refractivity contribution in [2.45, 2.75) is 58.1 Å². The van der Waals surface area contributed by atoms with E-state index in [9.17, 15) is 9.90 Å². The Hall–Kier alpha value is -2.08. The molecule has 0 heterocycles. The van der Waals surface area contributed by atoms with Gasteiger partial charge in [-0.2, -0.15) is 0 Å². The molecular weight excluding hydrogens is 318 g/mol. The summed E-state index contributed by atoms with van der Waals surface area (Å²) in [6, 6.07) is 0.365. The summed E-state index contributed by atoms with van der Waals surface area (Å²) in [4.78, 5) is 11.9. The molecule has 0 radical (unpaired) electrons. The molecule has 0 aromatic heterocycles. The second kappa shape index (κ2) is 8.34. The highest BCUT2D eigenvalue weighted by molar-refractivity contribution is 6.09. The van der Waals surface area contributed by atoms with Crippen molar-refractivity contribution < 1.29 is 14.6 Å². The minimum atomic E-state index is -0.552. The maximum Gasteiger partial charge on any atom is 0.412 e. The van der Waals surface area contributed by atoms with Gasteiger partial charge in [-0.3, -0.25) is 5.32 Å². The fourth-order valence-corrected chi connectivity index (χ4v) is 2.90. The third-order valence-corrected chi connectivity index (χ3v) is 4.28. The second-order valence-electron chi connectivity index (χ2n) is 7.64. The van der Waals surface area contributed by atoms with Crippen LogP contribution in [-0.4, -0.2) is 35.2 Å². The Bertz CT molecular complexity index is 592. The SMILES string of the molecule is CC(C)(C)OC(=O)NC1=C/C(=C/NC2CCC(CO)CC2)C(=N)C=C1. The van der Waals surface area contributed by atoms with Crippen molar-refractivity contribution in [3.05, 3.63) is 35.7 Å². The van der Waals surface area contributed by atoms with Crippen molar-refractivity contribution in [3.63, 3.8) is 0 Å². The van der Waals surface area contributed by atoms with Crippen LogP contribution < -0.4 is 10.6 Å². The topological polar surface area (TPSA) is 94.4 Å². The van der Waals surface area contributed by atoms with Crippen LogP contribution in [0, 0.1) is 11.3 Å². The monoisotopic (exact) mass is 347 g/mol. The van der Waals surface area contributed by atoms with Crippen molar-refractivity contribution in [1.82, 2.24) is 10.6 Å². The summed E-state index contributed by atoms with van der Waals surface area (Å²) in [6.45, 7) is 5.71. The summed E-state index contributed by atoms with van der Waals surface area (Å²) in [5, 5.41) is 23.3. The molecule has 6 heteroatoms. The molecule has 2 rings (SSSR count). The highest BCUT2D eigenvalue weighted by Gasteiger charge is 2.20. The Kier molecular flexibility index (Phi) is 6.42. The van der Waals surface area contributed by atoms with Crippen LogP contribution in [0.1, 0.15) is 46.5 Å². The van der Waals surface area contributed by atoms with Gasteiger partial charge >= 0.3 is 6.09 Å². The van der Waals surface area contributed by atoms with Gasteiger partial charge < -0.3 is 20.6 Å². The summed E-state index contributed by atoms with van der Waals surface area (Å²) in [5.41, 5.74) is 1.16. The van der Waals surface area contributed by atoms with Crippen molar-refractivity contribution in [2.24, 2.45) is 5.92 Å². The Balaban J connectivity index is 1.93. The third kappa shape index (κ3) is 6.38. The number of hydrogen-bond donors (Lipinski definition) is 4. The summed E-state index contributed by atoms with van der Waals surface area (Å²) >= 11 is 0. The number of carbonyl (C=O) groups excluding carboxylic acids is 1. The molecule has 0 bridgehead atoms. The number of aliphatic hydroxyl groups is 1. The Morgan fingerprint density at radius 1 is 1.32 bits per heavy atom. The van der Waals surface area contributed by atoms with Crippen LogP contribution in [0.4, 0.5) is 4.79 Å². The Morgan fingerprint density at radius 2 is 2.00 bits per heavy atom. The fourth-order valence-electron chi connectivity index (χ4n) is 2.90. The zero-order valence-electron chi connectivity index (χ0n) is 15.3. The van der Waals surface area contributed by atoms with Crippen LogP contribution in [0.3, 0.4) is 0 Å². The number of amides is 1. The van der Waals surface area contributed by atoms with E-state index in [1.165, 1.54) is 0 Å². The van der Waals surface area contributed by atoms with E-state index >= 15 is 0 Å². The van der Waals surface area contributed by atoms with Gasteiger partial charge in [0.2, 0.25) is 0 Å². The second-order valence-corrected chi connectivity index (χ2v) is 7.64. The number of hydrogen-bond acceptors (Lipinski definition) is 5. The van der Waals surface area contributed by atoms with Crippen LogP contribution in [0.5, 0.6) is 0 Å². The molecule has 1 amide bonds. The van der Waals surface area contributed by atoms with Gasteiger partial charge in [-0.25, -0.2) is 4.79 Å². The van der Waals surface area contributed by atoms with E-state index in [0.29, 0.717) is 23.4 Å². The van der Waals surface area contributed by atoms with E-state index in [1.807, 2.05) is 27.0 Å². The number of alkyl carbamates (subject to hydrolysis) is 1. The lowest BCUT2D eigenvalue weighted by Gasteiger charge is -2.27. The molecule has 2 aliphatic rings. The third-order valence-electron chi connectivity index (χ3n) is 4.28. The molecule has 1 saturated carbocycles. The minimum absolute atomic E-state index is 0.270. The molecule has 138 valence electrons. The van der Waals surface area contributed by atoms with Crippen LogP contribution in [-0.2, 0) is 4.74 Å². The summed E-state index contributed by atoms with van der Waals surface area (Å²) < 4.78 is 5.24. The van der Waals surface area contributed by atoms with Gasteiger partial charge in [0.1, 0.15) is 5.60 Å². The first-order valence-electron chi connectivity index (χ1n) is 8.82. The smallest absolute Gasteiger partial charge is 0.412 e. The first-order valence-corrected chi connectivity index (χ1v) is 8.82. The molecule has 0 saturated heterocycles. The minimum Gasteiger partial charge on any atom is -0.444 e. The standard InChI is InChI=1S/C19H29N3O3/c1-19(2,3)25-18(24)22-16-8-9-17(20)14(10-16)11-21-15-6-4-13(12-23)5-7-15/h8-11,13,15,20-21,23H,4-7,12H2,1-3H3,(H,22,24)/b14-11-,20-17?. The van der Waals surface area contributed by atoms with Gasteiger partial charge in [-0.1, -0.05) is 0 Å². The van der Waals surface area contributed by atoms with Crippen LogP contribution >= 0.6 is 0 Å². The van der Waals surface area contributed by atoms with Gasteiger partial charge in [0.25, 0.3) is 0 Å². The number of ether oxygens (including phenoxy) is 1. The molecule has 0 aliphatic heterocycles. The Labute approximate surface area is 149 Å². The molecule has 6 nitrogen and oxygen atoms in total. The number of aliphatic hydroxyl groups excluding tert-OH is 1. The summed E-state index contributed by atoms with van der Waals surface area (Å²) in [6.07, 6.45) is 10.5. The number of carbonyl (C=O) groups is 1. The van der Waals surface area contributed by atoms with Crippen LogP contribution in [0.15, 0.2) is 35.7 Å². The predicted molar refractivity (Wildman–Crippen MR) is 98.4 cm³/mol. The van der Waals surface area contributed by atoms with Crippen LogP contribution in [0.25, 0.3) is 0 Å². The molecule has 0 atom stereocenters. The molecule has 4 N–H and O–H groups in total. The normalized spacial score (nSPS) is 25.5. The molecule has 1 fully saturated rings. The average molecular weight is 347 g/mol. The summed E-state index contributed by atoms with van der Waals surface area (Å²) in [5.74, 6) is 0.422. The van der Waals surface area contributed by atoms with Gasteiger partial charge in [0, 0.05) is 30.1 Å². The maximum atomic E-state index is 11.9. The van der Waals surface area contributed by atoms with Crippen molar-refractivity contribution in [1.29, 1.82) is 5.41 Å². The van der Waals surface area contributed by atoms with Gasteiger partial charge in [-0.15, -0.1) is 0 Å². The maximum absolute atomic E-state index is 11.9. The van der Waals surface area contributed by atoms with E-state index in [2.05, 4.69) is 10.6 Å². The summed E-state index contributed by atoms with van der Waals surface area (Å²) in [7, 11) is 0.